The van der Waals surface area contributed by atoms with Crippen molar-refractivity contribution in [3.05, 3.63) is 23.7 Å². The number of piperidine rings is 1. The maximum Gasteiger partial charge on any atom is 0.118 e. The molecule has 1 aromatic heterocycles. The Morgan fingerprint density at radius 3 is 3.00 bits per heavy atom. The van der Waals surface area contributed by atoms with E-state index in [1.54, 1.807) is 0 Å². The van der Waals surface area contributed by atoms with Gasteiger partial charge in [0.15, 0.2) is 0 Å². The second-order valence-electron chi connectivity index (χ2n) is 5.41. The Morgan fingerprint density at radius 2 is 2.24 bits per heavy atom. The van der Waals surface area contributed by atoms with E-state index in [1.165, 1.54) is 24.9 Å². The lowest BCUT2D eigenvalue weighted by Gasteiger charge is -2.36. The first-order valence-corrected chi connectivity index (χ1v) is 6.64. The monoisotopic (exact) mass is 236 g/mol. The molecule has 2 unspecified atom stereocenters. The molecule has 1 N–H and O–H groups in total. The third-order valence-corrected chi connectivity index (χ3v) is 3.69. The quantitative estimate of drug-likeness (QED) is 0.871. The molecule has 1 aliphatic heterocycles. The number of hydrogen-bond donors (Lipinski definition) is 1. The van der Waals surface area contributed by atoms with Gasteiger partial charge >= 0.3 is 0 Å². The van der Waals surface area contributed by atoms with Gasteiger partial charge in [-0.1, -0.05) is 6.92 Å². The predicted octanol–water partition coefficient (Wildman–Crippen LogP) is 2.62. The molecule has 0 saturated carbocycles. The maximum atomic E-state index is 5.62. The summed E-state index contributed by atoms with van der Waals surface area (Å²) in [5, 5.41) is 3.14. The van der Waals surface area contributed by atoms with Crippen molar-refractivity contribution in [2.45, 2.75) is 45.8 Å². The van der Waals surface area contributed by atoms with E-state index in [2.05, 4.69) is 30.1 Å². The second kappa shape index (κ2) is 5.69. The molecule has 3 nitrogen and oxygen atoms in total. The van der Waals surface area contributed by atoms with E-state index < -0.39 is 0 Å². The minimum absolute atomic E-state index is 0.684. The fourth-order valence-corrected chi connectivity index (χ4v) is 2.61. The van der Waals surface area contributed by atoms with Gasteiger partial charge in [-0.05, 0) is 38.8 Å². The van der Waals surface area contributed by atoms with Crippen LogP contribution in [0.15, 0.2) is 16.7 Å². The van der Waals surface area contributed by atoms with E-state index in [4.69, 9.17) is 4.42 Å². The van der Waals surface area contributed by atoms with Gasteiger partial charge in [-0.25, -0.2) is 0 Å². The molecule has 1 aromatic rings. The van der Waals surface area contributed by atoms with Crippen LogP contribution in [0.3, 0.4) is 0 Å². The maximum absolute atomic E-state index is 5.62. The van der Waals surface area contributed by atoms with E-state index in [-0.39, 0.29) is 0 Å². The molecule has 1 saturated heterocycles. The molecule has 1 aliphatic rings. The van der Waals surface area contributed by atoms with Crippen LogP contribution in [0.1, 0.15) is 38.0 Å². The Bertz CT molecular complexity index is 348. The summed E-state index contributed by atoms with van der Waals surface area (Å²) in [6, 6.07) is 2.85. The van der Waals surface area contributed by atoms with Gasteiger partial charge in [-0.2, -0.15) is 0 Å². The van der Waals surface area contributed by atoms with E-state index in [0.29, 0.717) is 6.04 Å². The van der Waals surface area contributed by atoms with Crippen LogP contribution in [0, 0.1) is 5.92 Å². The highest BCUT2D eigenvalue weighted by molar-refractivity contribution is 5.12. The highest BCUT2D eigenvalue weighted by atomic mass is 16.3. The van der Waals surface area contributed by atoms with E-state index in [9.17, 15) is 0 Å². The minimum Gasteiger partial charge on any atom is -0.468 e. The van der Waals surface area contributed by atoms with E-state index in [1.807, 2.05) is 13.3 Å². The first-order valence-electron chi connectivity index (χ1n) is 6.64. The molecule has 0 aliphatic carbocycles. The number of rotatable bonds is 4. The molecule has 0 aromatic carbocycles. The molecule has 0 amide bonds. The lowest BCUT2D eigenvalue weighted by Crippen LogP contribution is -2.40. The molecule has 1 fully saturated rings. The van der Waals surface area contributed by atoms with Gasteiger partial charge < -0.3 is 9.73 Å². The van der Waals surface area contributed by atoms with Crippen molar-refractivity contribution in [3.8, 4) is 0 Å². The largest absolute Gasteiger partial charge is 0.468 e. The van der Waals surface area contributed by atoms with Crippen LogP contribution in [-0.2, 0) is 13.1 Å². The number of likely N-dealkylation sites (tertiary alicyclic amines) is 1. The van der Waals surface area contributed by atoms with Gasteiger partial charge in [-0.15, -0.1) is 0 Å². The number of nitrogens with one attached hydrogen (secondary N) is 1. The summed E-state index contributed by atoms with van der Waals surface area (Å²) < 4.78 is 5.62. The van der Waals surface area contributed by atoms with Crippen molar-refractivity contribution in [2.24, 2.45) is 5.92 Å². The fraction of sp³-hybridized carbons (Fsp3) is 0.714. The van der Waals surface area contributed by atoms with Crippen molar-refractivity contribution >= 4 is 0 Å². The molecule has 2 rings (SSSR count). The Labute approximate surface area is 104 Å². The van der Waals surface area contributed by atoms with Crippen LogP contribution >= 0.6 is 0 Å². The van der Waals surface area contributed by atoms with Crippen molar-refractivity contribution in [1.82, 2.24) is 10.2 Å². The average molecular weight is 236 g/mol. The molecule has 0 bridgehead atoms. The SMILES string of the molecule is CNCc1coc(CN2CC(C)CCC2C)c1. The Hall–Kier alpha value is -0.800. The standard InChI is InChI=1S/C14H24N2O/c1-11-4-5-12(2)16(8-11)9-14-6-13(7-15-3)10-17-14/h6,10-12,15H,4-5,7-9H2,1-3H3. The van der Waals surface area contributed by atoms with Gasteiger partial charge in [0.1, 0.15) is 5.76 Å². The fourth-order valence-electron chi connectivity index (χ4n) is 2.61. The zero-order chi connectivity index (χ0) is 12.3. The zero-order valence-corrected chi connectivity index (χ0v) is 11.2. The zero-order valence-electron chi connectivity index (χ0n) is 11.2. The molecular formula is C14H24N2O. The Kier molecular flexibility index (Phi) is 4.24. The Morgan fingerprint density at radius 1 is 1.41 bits per heavy atom. The number of hydrogen-bond acceptors (Lipinski definition) is 3. The van der Waals surface area contributed by atoms with Gasteiger partial charge in [0, 0.05) is 24.7 Å². The van der Waals surface area contributed by atoms with Gasteiger partial charge in [0.2, 0.25) is 0 Å². The lowest BCUT2D eigenvalue weighted by atomic mass is 9.95. The average Bonchev–Trinajstić information content (AvgIpc) is 2.72. The third kappa shape index (κ3) is 3.33. The van der Waals surface area contributed by atoms with Gasteiger partial charge in [0.25, 0.3) is 0 Å². The van der Waals surface area contributed by atoms with Crippen LogP contribution in [0.25, 0.3) is 0 Å². The van der Waals surface area contributed by atoms with E-state index >= 15 is 0 Å². The summed E-state index contributed by atoms with van der Waals surface area (Å²) in [5.41, 5.74) is 1.24. The summed E-state index contributed by atoms with van der Waals surface area (Å²) >= 11 is 0. The summed E-state index contributed by atoms with van der Waals surface area (Å²) in [7, 11) is 1.96. The van der Waals surface area contributed by atoms with Crippen molar-refractivity contribution < 1.29 is 4.42 Å². The summed E-state index contributed by atoms with van der Waals surface area (Å²) in [4.78, 5) is 2.54. The molecule has 0 radical (unpaired) electrons. The molecule has 0 spiro atoms. The minimum atomic E-state index is 0.684. The Balaban J connectivity index is 1.94. The normalized spacial score (nSPS) is 26.3. The summed E-state index contributed by atoms with van der Waals surface area (Å²) in [6.45, 7) is 7.70. The molecular weight excluding hydrogens is 212 g/mol. The lowest BCUT2D eigenvalue weighted by molar-refractivity contribution is 0.109. The van der Waals surface area contributed by atoms with Crippen LogP contribution in [0.2, 0.25) is 0 Å². The highest BCUT2D eigenvalue weighted by Gasteiger charge is 2.23. The molecule has 2 atom stereocenters. The summed E-state index contributed by atoms with van der Waals surface area (Å²) in [6.07, 6.45) is 4.54. The van der Waals surface area contributed by atoms with Crippen molar-refractivity contribution in [1.29, 1.82) is 0 Å². The molecule has 17 heavy (non-hydrogen) atoms. The second-order valence-corrected chi connectivity index (χ2v) is 5.41. The predicted molar refractivity (Wildman–Crippen MR) is 69.7 cm³/mol. The van der Waals surface area contributed by atoms with Gasteiger partial charge in [-0.3, -0.25) is 4.90 Å². The highest BCUT2D eigenvalue weighted by Crippen LogP contribution is 2.23. The van der Waals surface area contributed by atoms with Gasteiger partial charge in [0.05, 0.1) is 12.8 Å². The van der Waals surface area contributed by atoms with Crippen LogP contribution in [0.4, 0.5) is 0 Å². The number of furan rings is 1. The van der Waals surface area contributed by atoms with E-state index in [0.717, 1.165) is 24.8 Å². The van der Waals surface area contributed by atoms with Crippen LogP contribution in [-0.4, -0.2) is 24.5 Å². The topological polar surface area (TPSA) is 28.4 Å². The molecule has 2 heterocycles. The molecule has 3 heteroatoms. The number of nitrogens with zero attached hydrogens (tertiary/aromatic N) is 1. The smallest absolute Gasteiger partial charge is 0.118 e. The van der Waals surface area contributed by atoms with Crippen LogP contribution in [0.5, 0.6) is 0 Å². The third-order valence-electron chi connectivity index (χ3n) is 3.69. The first kappa shape index (κ1) is 12.7. The molecule has 96 valence electrons. The summed E-state index contributed by atoms with van der Waals surface area (Å²) in [5.74, 6) is 1.91. The van der Waals surface area contributed by atoms with Crippen molar-refractivity contribution in [2.75, 3.05) is 13.6 Å². The first-order chi connectivity index (χ1) is 8.19. The van der Waals surface area contributed by atoms with Crippen LogP contribution < -0.4 is 5.32 Å². The van der Waals surface area contributed by atoms with Crippen molar-refractivity contribution in [3.63, 3.8) is 0 Å².